The third-order valence-electron chi connectivity index (χ3n) is 5.77. The van der Waals surface area contributed by atoms with Crippen molar-refractivity contribution in [2.45, 2.75) is 40.2 Å². The number of esters is 1. The zero-order valence-corrected chi connectivity index (χ0v) is 22.1. The zero-order valence-electron chi connectivity index (χ0n) is 21.3. The number of fused-ring (bicyclic) bond motifs is 1. The van der Waals surface area contributed by atoms with Gasteiger partial charge in [-0.15, -0.1) is 0 Å². The summed E-state index contributed by atoms with van der Waals surface area (Å²) in [5.41, 5.74) is 1.88. The van der Waals surface area contributed by atoms with E-state index in [0.717, 1.165) is 6.42 Å². The molecule has 0 spiro atoms. The zero-order chi connectivity index (χ0) is 26.5. The maximum Gasteiger partial charge on any atom is 0.338 e. The molecule has 1 aromatic heterocycles. The van der Waals surface area contributed by atoms with E-state index in [1.54, 1.807) is 32.1 Å². The Morgan fingerprint density at radius 1 is 1.11 bits per heavy atom. The first-order valence-corrected chi connectivity index (χ1v) is 13.1. The maximum absolute atomic E-state index is 13.8. The van der Waals surface area contributed by atoms with Crippen molar-refractivity contribution in [2.75, 3.05) is 19.8 Å². The van der Waals surface area contributed by atoms with Gasteiger partial charge < -0.3 is 19.3 Å². The minimum atomic E-state index is -0.760. The standard InChI is InChI=1S/C28H30N2O6S/c1-5-14-36-21-11-9-8-10-19(21)25-24(27(33)35-7-3)17(4)29-28-30(25)26(32)23(37-28)16-18-12-13-20(31)22(15-18)34-6-2/h8-13,15-16,25,31H,5-7,14H2,1-4H3/t25-/m0/s1. The molecule has 1 N–H and O–H groups in total. The lowest BCUT2D eigenvalue weighted by atomic mass is 9.95. The van der Waals surface area contributed by atoms with Crippen molar-refractivity contribution in [3.63, 3.8) is 0 Å². The van der Waals surface area contributed by atoms with E-state index in [1.165, 1.54) is 22.0 Å². The minimum Gasteiger partial charge on any atom is -0.504 e. The van der Waals surface area contributed by atoms with Gasteiger partial charge in [-0.1, -0.05) is 42.5 Å². The molecular weight excluding hydrogens is 492 g/mol. The van der Waals surface area contributed by atoms with Gasteiger partial charge in [0.2, 0.25) is 0 Å². The monoisotopic (exact) mass is 522 g/mol. The first-order chi connectivity index (χ1) is 17.9. The van der Waals surface area contributed by atoms with Crippen LogP contribution in [0.15, 0.2) is 63.5 Å². The Morgan fingerprint density at radius 3 is 2.62 bits per heavy atom. The average molecular weight is 523 g/mol. The fourth-order valence-electron chi connectivity index (χ4n) is 4.18. The van der Waals surface area contributed by atoms with Crippen molar-refractivity contribution in [3.8, 4) is 17.2 Å². The summed E-state index contributed by atoms with van der Waals surface area (Å²) in [6, 6.07) is 11.6. The normalized spacial score (nSPS) is 15.2. The number of para-hydroxylation sites is 1. The second-order valence-corrected chi connectivity index (χ2v) is 9.36. The highest BCUT2D eigenvalue weighted by atomic mass is 32.1. The van der Waals surface area contributed by atoms with Crippen LogP contribution < -0.4 is 24.4 Å². The number of hydrogen-bond donors (Lipinski definition) is 1. The Morgan fingerprint density at radius 2 is 1.89 bits per heavy atom. The number of thiazole rings is 1. The molecule has 0 unspecified atom stereocenters. The highest BCUT2D eigenvalue weighted by Crippen LogP contribution is 2.36. The SMILES string of the molecule is CCCOc1ccccc1[C@H]1C(C(=O)OCC)=C(C)N=c2sc(=Cc3ccc(O)c(OCC)c3)c(=O)n21. The molecule has 1 aliphatic rings. The molecule has 1 atom stereocenters. The molecule has 9 heteroatoms. The number of aromatic nitrogens is 1. The Bertz CT molecular complexity index is 1520. The molecule has 0 fully saturated rings. The van der Waals surface area contributed by atoms with Crippen LogP contribution >= 0.6 is 11.3 Å². The second-order valence-electron chi connectivity index (χ2n) is 8.35. The fraction of sp³-hybridized carbons (Fsp3) is 0.321. The predicted molar refractivity (Wildman–Crippen MR) is 142 cm³/mol. The van der Waals surface area contributed by atoms with Gasteiger partial charge in [0.05, 0.1) is 35.6 Å². The number of nitrogens with zero attached hydrogens (tertiary/aromatic N) is 2. The average Bonchev–Trinajstić information content (AvgIpc) is 3.18. The van der Waals surface area contributed by atoms with Gasteiger partial charge in [-0.2, -0.15) is 0 Å². The summed E-state index contributed by atoms with van der Waals surface area (Å²) in [6.07, 6.45) is 2.54. The first-order valence-electron chi connectivity index (χ1n) is 12.3. The maximum atomic E-state index is 13.8. The number of benzene rings is 2. The molecule has 0 radical (unpaired) electrons. The van der Waals surface area contributed by atoms with E-state index >= 15 is 0 Å². The second kappa shape index (κ2) is 11.5. The van der Waals surface area contributed by atoms with Crippen LogP contribution in [0.4, 0.5) is 0 Å². The van der Waals surface area contributed by atoms with Crippen LogP contribution in [0.25, 0.3) is 6.08 Å². The summed E-state index contributed by atoms with van der Waals surface area (Å²) >= 11 is 1.23. The molecule has 0 amide bonds. The summed E-state index contributed by atoms with van der Waals surface area (Å²) in [5, 5.41) is 10.0. The van der Waals surface area contributed by atoms with Crippen LogP contribution in [-0.4, -0.2) is 35.5 Å². The van der Waals surface area contributed by atoms with Crippen molar-refractivity contribution in [2.24, 2.45) is 4.99 Å². The van der Waals surface area contributed by atoms with Crippen molar-refractivity contribution >= 4 is 23.4 Å². The van der Waals surface area contributed by atoms with E-state index in [1.807, 2.05) is 38.1 Å². The van der Waals surface area contributed by atoms with Crippen LogP contribution in [0.5, 0.6) is 17.2 Å². The van der Waals surface area contributed by atoms with Gasteiger partial charge >= 0.3 is 5.97 Å². The van der Waals surface area contributed by atoms with Crippen LogP contribution in [0.2, 0.25) is 0 Å². The van der Waals surface area contributed by atoms with Gasteiger partial charge in [-0.25, -0.2) is 9.79 Å². The van der Waals surface area contributed by atoms with Gasteiger partial charge in [-0.3, -0.25) is 9.36 Å². The molecule has 1 aliphatic heterocycles. The number of ether oxygens (including phenoxy) is 3. The molecule has 194 valence electrons. The number of rotatable bonds is 9. The first kappa shape index (κ1) is 26.2. The molecule has 0 bridgehead atoms. The molecule has 37 heavy (non-hydrogen) atoms. The predicted octanol–water partition coefficient (Wildman–Crippen LogP) is 3.69. The lowest BCUT2D eigenvalue weighted by Crippen LogP contribution is -2.40. The molecule has 0 saturated carbocycles. The van der Waals surface area contributed by atoms with Crippen molar-refractivity contribution < 1.29 is 24.1 Å². The van der Waals surface area contributed by atoms with E-state index in [9.17, 15) is 14.7 Å². The summed E-state index contributed by atoms with van der Waals surface area (Å²) in [7, 11) is 0. The van der Waals surface area contributed by atoms with E-state index in [0.29, 0.717) is 56.4 Å². The Hall–Kier alpha value is -3.85. The number of aromatic hydroxyl groups is 1. The molecule has 4 rings (SSSR count). The number of allylic oxidation sites excluding steroid dienone is 1. The molecular formula is C28H30N2O6S. The molecule has 2 heterocycles. The van der Waals surface area contributed by atoms with Gasteiger partial charge in [0.15, 0.2) is 16.3 Å². The van der Waals surface area contributed by atoms with Crippen LogP contribution in [0, 0.1) is 0 Å². The summed E-state index contributed by atoms with van der Waals surface area (Å²) < 4.78 is 18.8. The number of phenols is 1. The van der Waals surface area contributed by atoms with Crippen molar-refractivity contribution in [1.29, 1.82) is 0 Å². The summed E-state index contributed by atoms with van der Waals surface area (Å²) in [5.74, 6) is 0.441. The Labute approximate surface area is 218 Å². The largest absolute Gasteiger partial charge is 0.504 e. The van der Waals surface area contributed by atoms with Crippen LogP contribution in [0.1, 0.15) is 51.3 Å². The third kappa shape index (κ3) is 5.32. The molecule has 0 saturated heterocycles. The van der Waals surface area contributed by atoms with E-state index in [4.69, 9.17) is 14.2 Å². The topological polar surface area (TPSA) is 99.4 Å². The van der Waals surface area contributed by atoms with Gasteiger partial charge in [0.25, 0.3) is 5.56 Å². The van der Waals surface area contributed by atoms with E-state index < -0.39 is 12.0 Å². The summed E-state index contributed by atoms with van der Waals surface area (Å²) in [4.78, 5) is 32.0. The van der Waals surface area contributed by atoms with Gasteiger partial charge in [0.1, 0.15) is 11.8 Å². The smallest absolute Gasteiger partial charge is 0.338 e. The fourth-order valence-corrected chi connectivity index (χ4v) is 5.23. The highest BCUT2D eigenvalue weighted by molar-refractivity contribution is 7.07. The Balaban J connectivity index is 1.93. The molecule has 2 aromatic carbocycles. The highest BCUT2D eigenvalue weighted by Gasteiger charge is 2.35. The lowest BCUT2D eigenvalue weighted by molar-refractivity contribution is -0.139. The van der Waals surface area contributed by atoms with E-state index in [-0.39, 0.29) is 17.9 Å². The van der Waals surface area contributed by atoms with Gasteiger partial charge in [0, 0.05) is 5.56 Å². The number of hydrogen-bond acceptors (Lipinski definition) is 8. The quantitative estimate of drug-likeness (QED) is 0.431. The van der Waals surface area contributed by atoms with Crippen molar-refractivity contribution in [1.82, 2.24) is 4.57 Å². The molecule has 0 aliphatic carbocycles. The van der Waals surface area contributed by atoms with Crippen LogP contribution in [-0.2, 0) is 9.53 Å². The van der Waals surface area contributed by atoms with Crippen molar-refractivity contribution in [3.05, 3.63) is 84.5 Å². The van der Waals surface area contributed by atoms with E-state index in [2.05, 4.69) is 4.99 Å². The molecule has 8 nitrogen and oxygen atoms in total. The summed E-state index contributed by atoms with van der Waals surface area (Å²) in [6.45, 7) is 8.43. The molecule has 3 aromatic rings. The van der Waals surface area contributed by atoms with Gasteiger partial charge in [-0.05, 0) is 57.0 Å². The lowest BCUT2D eigenvalue weighted by Gasteiger charge is -2.26. The number of carbonyl (C=O) groups is 1. The number of phenolic OH excluding ortho intramolecular Hbond substituents is 1. The Kier molecular flexibility index (Phi) is 8.13. The minimum absolute atomic E-state index is 0.0267. The number of carbonyl (C=O) groups excluding carboxylic acids is 1. The third-order valence-corrected chi connectivity index (χ3v) is 6.76. The van der Waals surface area contributed by atoms with Crippen LogP contribution in [0.3, 0.4) is 0 Å².